The van der Waals surface area contributed by atoms with E-state index in [1.807, 2.05) is 0 Å². The molecule has 0 atom stereocenters. The monoisotopic (exact) mass is 333 g/mol. The third-order valence-corrected chi connectivity index (χ3v) is 3.70. The fourth-order valence-electron chi connectivity index (χ4n) is 2.06. The summed E-state index contributed by atoms with van der Waals surface area (Å²) in [4.78, 5) is 23.4. The van der Waals surface area contributed by atoms with Crippen molar-refractivity contribution in [2.24, 2.45) is 0 Å². The number of carbonyl (C=O) groups excluding carboxylic acids is 1. The molecule has 0 unspecified atom stereocenters. The summed E-state index contributed by atoms with van der Waals surface area (Å²) in [7, 11) is 0. The average Bonchev–Trinajstić information content (AvgIpc) is 2.47. The van der Waals surface area contributed by atoms with E-state index in [1.165, 1.54) is 6.07 Å². The molecule has 0 aliphatic heterocycles. The van der Waals surface area contributed by atoms with E-state index in [0.717, 1.165) is 0 Å². The maximum absolute atomic E-state index is 12.3. The van der Waals surface area contributed by atoms with Crippen LogP contribution in [-0.2, 0) is 0 Å². The molecule has 0 spiro atoms. The van der Waals surface area contributed by atoms with Crippen LogP contribution in [0.25, 0.3) is 11.0 Å². The zero-order chi connectivity index (χ0) is 15.7. The van der Waals surface area contributed by atoms with Gasteiger partial charge >= 0.3 is 5.63 Å². The Morgan fingerprint density at radius 3 is 2.45 bits per heavy atom. The Morgan fingerprint density at radius 2 is 1.73 bits per heavy atom. The molecular formula is C16H9Cl2NO3. The summed E-state index contributed by atoms with van der Waals surface area (Å²) < 4.78 is 5.03. The van der Waals surface area contributed by atoms with E-state index in [9.17, 15) is 9.59 Å². The van der Waals surface area contributed by atoms with Crippen LogP contribution in [0.2, 0.25) is 10.0 Å². The first-order valence-corrected chi connectivity index (χ1v) is 7.09. The second-order valence-electron chi connectivity index (χ2n) is 4.56. The van der Waals surface area contributed by atoms with E-state index in [-0.39, 0.29) is 15.6 Å². The van der Waals surface area contributed by atoms with Gasteiger partial charge in [-0.3, -0.25) is 4.79 Å². The van der Waals surface area contributed by atoms with Crippen LogP contribution in [0.3, 0.4) is 0 Å². The minimum atomic E-state index is -0.424. The lowest BCUT2D eigenvalue weighted by Gasteiger charge is -2.09. The van der Waals surface area contributed by atoms with Gasteiger partial charge in [0.25, 0.3) is 5.91 Å². The molecule has 110 valence electrons. The molecule has 3 rings (SSSR count). The highest BCUT2D eigenvalue weighted by Crippen LogP contribution is 2.26. The minimum Gasteiger partial charge on any atom is -0.423 e. The summed E-state index contributed by atoms with van der Waals surface area (Å²) in [5.74, 6) is -0.410. The van der Waals surface area contributed by atoms with Gasteiger partial charge in [-0.25, -0.2) is 4.79 Å². The van der Waals surface area contributed by atoms with Crippen molar-refractivity contribution in [1.29, 1.82) is 0 Å². The standard InChI is InChI=1S/C16H9Cl2NO3/c17-11-2-1-3-12(18)15(11)16(21)19-10-5-6-13-9(8-10)4-7-14(20)22-13/h1-8H,(H,19,21). The molecule has 1 heterocycles. The van der Waals surface area contributed by atoms with E-state index in [1.54, 1.807) is 42.5 Å². The highest BCUT2D eigenvalue weighted by molar-refractivity contribution is 6.40. The van der Waals surface area contributed by atoms with E-state index < -0.39 is 11.5 Å². The zero-order valence-electron chi connectivity index (χ0n) is 11.1. The first kappa shape index (κ1) is 14.6. The van der Waals surface area contributed by atoms with E-state index in [2.05, 4.69) is 5.32 Å². The van der Waals surface area contributed by atoms with Crippen molar-refractivity contribution in [2.75, 3.05) is 5.32 Å². The van der Waals surface area contributed by atoms with Crippen LogP contribution in [0, 0.1) is 0 Å². The molecule has 22 heavy (non-hydrogen) atoms. The number of nitrogens with one attached hydrogen (secondary N) is 1. The Labute approximate surface area is 135 Å². The maximum atomic E-state index is 12.3. The number of halogens is 2. The smallest absolute Gasteiger partial charge is 0.336 e. The van der Waals surface area contributed by atoms with E-state index >= 15 is 0 Å². The normalized spacial score (nSPS) is 10.6. The molecule has 0 aliphatic carbocycles. The third-order valence-electron chi connectivity index (χ3n) is 3.07. The predicted octanol–water partition coefficient (Wildman–Crippen LogP) is 4.35. The Bertz CT molecular complexity index is 914. The SMILES string of the molecule is O=C(Nc1ccc2oc(=O)ccc2c1)c1c(Cl)cccc1Cl. The van der Waals surface area contributed by atoms with Crippen molar-refractivity contribution in [3.05, 3.63) is 74.6 Å². The number of carbonyl (C=O) groups is 1. The van der Waals surface area contributed by atoms with Gasteiger partial charge in [0.2, 0.25) is 0 Å². The number of fused-ring (bicyclic) bond motifs is 1. The van der Waals surface area contributed by atoms with Gasteiger partial charge in [0, 0.05) is 17.1 Å². The van der Waals surface area contributed by atoms with Gasteiger partial charge in [0.05, 0.1) is 15.6 Å². The van der Waals surface area contributed by atoms with Crippen molar-refractivity contribution >= 4 is 45.8 Å². The molecule has 6 heteroatoms. The van der Waals surface area contributed by atoms with Crippen LogP contribution < -0.4 is 10.9 Å². The molecule has 3 aromatic rings. The summed E-state index contributed by atoms with van der Waals surface area (Å²) in [5.41, 5.74) is 0.779. The Balaban J connectivity index is 1.94. The molecular weight excluding hydrogens is 325 g/mol. The summed E-state index contributed by atoms with van der Waals surface area (Å²) in [6.45, 7) is 0. The van der Waals surface area contributed by atoms with Crippen molar-refractivity contribution in [3.63, 3.8) is 0 Å². The highest BCUT2D eigenvalue weighted by Gasteiger charge is 2.14. The third kappa shape index (κ3) is 2.84. The van der Waals surface area contributed by atoms with Crippen LogP contribution in [-0.4, -0.2) is 5.91 Å². The van der Waals surface area contributed by atoms with Gasteiger partial charge in [-0.2, -0.15) is 0 Å². The summed E-state index contributed by atoms with van der Waals surface area (Å²) in [5, 5.41) is 3.97. The molecule has 1 N–H and O–H groups in total. The average molecular weight is 334 g/mol. The first-order chi connectivity index (χ1) is 10.5. The summed E-state index contributed by atoms with van der Waals surface area (Å²) >= 11 is 12.0. The number of rotatable bonds is 2. The second-order valence-corrected chi connectivity index (χ2v) is 5.37. The van der Waals surface area contributed by atoms with Gasteiger partial charge in [0.15, 0.2) is 0 Å². The van der Waals surface area contributed by atoms with Gasteiger partial charge in [-0.15, -0.1) is 0 Å². The van der Waals surface area contributed by atoms with Gasteiger partial charge in [0.1, 0.15) is 5.58 Å². The lowest BCUT2D eigenvalue weighted by atomic mass is 10.2. The fourth-order valence-corrected chi connectivity index (χ4v) is 2.63. The number of hydrogen-bond donors (Lipinski definition) is 1. The number of anilines is 1. The van der Waals surface area contributed by atoms with Gasteiger partial charge < -0.3 is 9.73 Å². The minimum absolute atomic E-state index is 0.213. The topological polar surface area (TPSA) is 59.3 Å². The lowest BCUT2D eigenvalue weighted by Crippen LogP contribution is -2.13. The molecule has 0 saturated carbocycles. The van der Waals surface area contributed by atoms with Gasteiger partial charge in [-0.1, -0.05) is 29.3 Å². The van der Waals surface area contributed by atoms with Crippen molar-refractivity contribution in [3.8, 4) is 0 Å². The van der Waals surface area contributed by atoms with E-state index in [4.69, 9.17) is 27.6 Å². The Morgan fingerprint density at radius 1 is 1.00 bits per heavy atom. The Kier molecular flexibility index (Phi) is 3.88. The molecule has 1 aromatic heterocycles. The summed E-state index contributed by atoms with van der Waals surface area (Å²) in [6, 6.07) is 12.7. The quantitative estimate of drug-likeness (QED) is 0.709. The maximum Gasteiger partial charge on any atom is 0.336 e. The molecule has 1 amide bonds. The van der Waals surface area contributed by atoms with Crippen molar-refractivity contribution < 1.29 is 9.21 Å². The first-order valence-electron chi connectivity index (χ1n) is 6.34. The van der Waals surface area contributed by atoms with Crippen molar-refractivity contribution in [1.82, 2.24) is 0 Å². The Hall–Kier alpha value is -2.30. The zero-order valence-corrected chi connectivity index (χ0v) is 12.6. The molecule has 0 bridgehead atoms. The van der Waals surface area contributed by atoms with Crippen molar-refractivity contribution in [2.45, 2.75) is 0 Å². The molecule has 0 aliphatic rings. The van der Waals surface area contributed by atoms with Gasteiger partial charge in [-0.05, 0) is 36.4 Å². The molecule has 0 saturated heterocycles. The van der Waals surface area contributed by atoms with Crippen LogP contribution >= 0.6 is 23.2 Å². The molecule has 0 radical (unpaired) electrons. The largest absolute Gasteiger partial charge is 0.423 e. The highest BCUT2D eigenvalue weighted by atomic mass is 35.5. The van der Waals surface area contributed by atoms with E-state index in [0.29, 0.717) is 16.7 Å². The fraction of sp³-hybridized carbons (Fsp3) is 0. The van der Waals surface area contributed by atoms with Crippen LogP contribution in [0.4, 0.5) is 5.69 Å². The van der Waals surface area contributed by atoms with Crippen LogP contribution in [0.15, 0.2) is 57.7 Å². The second kappa shape index (κ2) is 5.83. The molecule has 4 nitrogen and oxygen atoms in total. The molecule has 0 fully saturated rings. The number of amides is 1. The lowest BCUT2D eigenvalue weighted by molar-refractivity contribution is 0.102. The summed E-state index contributed by atoms with van der Waals surface area (Å²) in [6.07, 6.45) is 0. The van der Waals surface area contributed by atoms with Crippen LogP contribution in [0.5, 0.6) is 0 Å². The number of benzene rings is 2. The number of hydrogen-bond acceptors (Lipinski definition) is 3. The van der Waals surface area contributed by atoms with Crippen LogP contribution in [0.1, 0.15) is 10.4 Å². The molecule has 2 aromatic carbocycles. The predicted molar refractivity (Wildman–Crippen MR) is 86.9 cm³/mol.